The van der Waals surface area contributed by atoms with E-state index in [9.17, 15) is 4.79 Å². The first-order valence-corrected chi connectivity index (χ1v) is 7.06. The minimum absolute atomic E-state index is 0.0154. The number of carbonyl (C=O) groups excluding carboxylic acids is 1. The molecule has 1 aromatic heterocycles. The van der Waals surface area contributed by atoms with Crippen molar-refractivity contribution in [2.75, 3.05) is 0 Å². The summed E-state index contributed by atoms with van der Waals surface area (Å²) in [5, 5.41) is 9.95. The van der Waals surface area contributed by atoms with Gasteiger partial charge in [-0.1, -0.05) is 29.8 Å². The molecule has 1 aliphatic carbocycles. The number of hydrogen-bond donors (Lipinski definition) is 2. The first-order valence-electron chi connectivity index (χ1n) is 6.65. The van der Waals surface area contributed by atoms with Gasteiger partial charge in [0.15, 0.2) is 10.6 Å². The Labute approximate surface area is 122 Å². The van der Waals surface area contributed by atoms with Crippen LogP contribution in [0.5, 0.6) is 0 Å². The van der Waals surface area contributed by atoms with Gasteiger partial charge in [0.2, 0.25) is 5.91 Å². The number of H-pyrrole nitrogens is 1. The molecule has 0 unspecified atom stereocenters. The van der Waals surface area contributed by atoms with Gasteiger partial charge in [-0.15, -0.1) is 0 Å². The Balaban J connectivity index is 1.86. The third-order valence-corrected chi connectivity index (χ3v) is 3.62. The number of carbonyl (C=O) groups is 1. The Morgan fingerprint density at radius 2 is 2.15 bits per heavy atom. The van der Waals surface area contributed by atoms with Crippen LogP contribution in [-0.2, 0) is 11.3 Å². The molecule has 1 aliphatic rings. The van der Waals surface area contributed by atoms with E-state index in [0.717, 1.165) is 18.4 Å². The summed E-state index contributed by atoms with van der Waals surface area (Å²) < 4.78 is 2.20. The lowest BCUT2D eigenvalue weighted by atomic mass is 10.1. The maximum atomic E-state index is 11.9. The van der Waals surface area contributed by atoms with Crippen LogP contribution < -0.4 is 5.32 Å². The number of benzene rings is 1. The summed E-state index contributed by atoms with van der Waals surface area (Å²) in [7, 11) is 0. The summed E-state index contributed by atoms with van der Waals surface area (Å²) >= 11 is 5.21. The van der Waals surface area contributed by atoms with Gasteiger partial charge in [0, 0.05) is 11.6 Å². The highest BCUT2D eigenvalue weighted by atomic mass is 32.1. The average molecular weight is 288 g/mol. The highest BCUT2D eigenvalue weighted by molar-refractivity contribution is 7.71. The highest BCUT2D eigenvalue weighted by Crippen LogP contribution is 2.20. The second-order valence-corrected chi connectivity index (χ2v) is 5.53. The number of nitrogens with zero attached hydrogens (tertiary/aromatic N) is 2. The Hall–Kier alpha value is -1.95. The molecule has 0 saturated heterocycles. The maximum absolute atomic E-state index is 11.9. The minimum Gasteiger partial charge on any atom is -0.352 e. The van der Waals surface area contributed by atoms with Crippen molar-refractivity contribution in [2.24, 2.45) is 0 Å². The summed E-state index contributed by atoms with van der Waals surface area (Å²) in [5.74, 6) is 0.680. The van der Waals surface area contributed by atoms with Crippen LogP contribution in [0.2, 0.25) is 0 Å². The largest absolute Gasteiger partial charge is 0.352 e. The fourth-order valence-corrected chi connectivity index (χ4v) is 2.23. The first-order chi connectivity index (χ1) is 9.63. The average Bonchev–Trinajstić information content (AvgIpc) is 3.16. The molecular formula is C14H16N4OS. The molecule has 3 rings (SSSR count). The second kappa shape index (κ2) is 5.20. The molecule has 0 aliphatic heterocycles. The first kappa shape index (κ1) is 13.1. The van der Waals surface area contributed by atoms with E-state index in [1.807, 2.05) is 31.2 Å². The van der Waals surface area contributed by atoms with Crippen LogP contribution in [0, 0.1) is 11.7 Å². The smallest absolute Gasteiger partial charge is 0.240 e. The molecule has 1 fully saturated rings. The van der Waals surface area contributed by atoms with Gasteiger partial charge < -0.3 is 5.32 Å². The number of aromatic nitrogens is 3. The van der Waals surface area contributed by atoms with Gasteiger partial charge in [-0.05, 0) is 32.0 Å². The second-order valence-electron chi connectivity index (χ2n) is 5.15. The Morgan fingerprint density at radius 1 is 1.45 bits per heavy atom. The summed E-state index contributed by atoms with van der Waals surface area (Å²) in [6.45, 7) is 2.24. The van der Waals surface area contributed by atoms with Crippen LogP contribution in [-0.4, -0.2) is 26.7 Å². The monoisotopic (exact) mass is 288 g/mol. The molecule has 0 radical (unpaired) electrons. The van der Waals surface area contributed by atoms with Crippen molar-refractivity contribution >= 4 is 18.1 Å². The van der Waals surface area contributed by atoms with Crippen molar-refractivity contribution in [2.45, 2.75) is 32.4 Å². The van der Waals surface area contributed by atoms with Gasteiger partial charge in [0.1, 0.15) is 6.54 Å². The molecule has 20 heavy (non-hydrogen) atoms. The Morgan fingerprint density at radius 3 is 2.80 bits per heavy atom. The molecule has 1 saturated carbocycles. The molecule has 6 heteroatoms. The van der Waals surface area contributed by atoms with Crippen molar-refractivity contribution in [3.05, 3.63) is 34.6 Å². The maximum Gasteiger partial charge on any atom is 0.240 e. The van der Waals surface area contributed by atoms with Crippen LogP contribution >= 0.6 is 12.2 Å². The van der Waals surface area contributed by atoms with Crippen LogP contribution in [0.25, 0.3) is 11.4 Å². The number of aromatic amines is 1. The van der Waals surface area contributed by atoms with Gasteiger partial charge in [-0.25, -0.2) is 0 Å². The van der Waals surface area contributed by atoms with Gasteiger partial charge in [-0.2, -0.15) is 5.10 Å². The fourth-order valence-electron chi connectivity index (χ4n) is 2.03. The topological polar surface area (TPSA) is 62.7 Å². The molecule has 1 amide bonds. The Kier molecular flexibility index (Phi) is 3.40. The minimum atomic E-state index is -0.0154. The lowest BCUT2D eigenvalue weighted by molar-refractivity contribution is -0.121. The molecular weight excluding hydrogens is 272 g/mol. The number of amides is 1. The molecule has 104 valence electrons. The number of aryl methyl sites for hydroxylation is 1. The van der Waals surface area contributed by atoms with Crippen molar-refractivity contribution < 1.29 is 4.79 Å². The SMILES string of the molecule is Cc1ccc(-c2n[nH]c(=S)n2CC(=O)NC2CC2)cc1. The van der Waals surface area contributed by atoms with Crippen molar-refractivity contribution in [3.63, 3.8) is 0 Å². The van der Waals surface area contributed by atoms with Gasteiger partial charge in [0.25, 0.3) is 0 Å². The molecule has 2 aromatic rings. The zero-order valence-corrected chi connectivity index (χ0v) is 12.0. The molecule has 1 heterocycles. The normalized spacial score (nSPS) is 14.2. The zero-order chi connectivity index (χ0) is 14.1. The van der Waals surface area contributed by atoms with Crippen molar-refractivity contribution in [3.8, 4) is 11.4 Å². The predicted molar refractivity (Wildman–Crippen MR) is 78.7 cm³/mol. The van der Waals surface area contributed by atoms with E-state index in [2.05, 4.69) is 15.5 Å². The third-order valence-electron chi connectivity index (χ3n) is 3.31. The molecule has 0 atom stereocenters. The quantitative estimate of drug-likeness (QED) is 0.848. The van der Waals surface area contributed by atoms with Gasteiger partial charge >= 0.3 is 0 Å². The van der Waals surface area contributed by atoms with E-state index in [0.29, 0.717) is 16.6 Å². The van der Waals surface area contributed by atoms with Crippen LogP contribution in [0.4, 0.5) is 0 Å². The van der Waals surface area contributed by atoms with E-state index in [-0.39, 0.29) is 12.5 Å². The lowest BCUT2D eigenvalue weighted by Crippen LogP contribution is -2.29. The van der Waals surface area contributed by atoms with E-state index in [4.69, 9.17) is 12.2 Å². The third kappa shape index (κ3) is 2.80. The number of rotatable bonds is 4. The van der Waals surface area contributed by atoms with Crippen molar-refractivity contribution in [1.29, 1.82) is 0 Å². The molecule has 2 N–H and O–H groups in total. The number of hydrogen-bond acceptors (Lipinski definition) is 3. The molecule has 5 nitrogen and oxygen atoms in total. The number of nitrogens with one attached hydrogen (secondary N) is 2. The Bertz CT molecular complexity index is 682. The van der Waals surface area contributed by atoms with E-state index in [1.165, 1.54) is 5.56 Å². The summed E-state index contributed by atoms with van der Waals surface area (Å²) in [6, 6.07) is 8.35. The standard InChI is InChI=1S/C14H16N4OS/c1-9-2-4-10(5-3-9)13-16-17-14(20)18(13)8-12(19)15-11-6-7-11/h2-5,11H,6-8H2,1H3,(H,15,19)(H,17,20). The lowest BCUT2D eigenvalue weighted by Gasteiger charge is -2.07. The van der Waals surface area contributed by atoms with Gasteiger partial charge in [-0.3, -0.25) is 14.5 Å². The van der Waals surface area contributed by atoms with E-state index < -0.39 is 0 Å². The zero-order valence-electron chi connectivity index (χ0n) is 11.2. The van der Waals surface area contributed by atoms with Gasteiger partial charge in [0.05, 0.1) is 0 Å². The molecule has 0 bridgehead atoms. The summed E-state index contributed by atoms with van der Waals surface area (Å²) in [6.07, 6.45) is 2.15. The highest BCUT2D eigenvalue weighted by Gasteiger charge is 2.23. The molecule has 1 aromatic carbocycles. The predicted octanol–water partition coefficient (Wildman–Crippen LogP) is 2.19. The fraction of sp³-hybridized carbons (Fsp3) is 0.357. The van der Waals surface area contributed by atoms with Crippen LogP contribution in [0.1, 0.15) is 18.4 Å². The van der Waals surface area contributed by atoms with Crippen LogP contribution in [0.15, 0.2) is 24.3 Å². The van der Waals surface area contributed by atoms with E-state index in [1.54, 1.807) is 4.57 Å². The van der Waals surface area contributed by atoms with E-state index >= 15 is 0 Å². The summed E-state index contributed by atoms with van der Waals surface area (Å²) in [5.41, 5.74) is 2.13. The summed E-state index contributed by atoms with van der Waals surface area (Å²) in [4.78, 5) is 11.9. The van der Waals surface area contributed by atoms with Crippen LogP contribution in [0.3, 0.4) is 0 Å². The van der Waals surface area contributed by atoms with Crippen molar-refractivity contribution in [1.82, 2.24) is 20.1 Å². The molecule has 0 spiro atoms.